The number of esters is 2. The van der Waals surface area contributed by atoms with E-state index in [-0.39, 0.29) is 18.4 Å². The van der Waals surface area contributed by atoms with Gasteiger partial charge in [0.2, 0.25) is 0 Å². The van der Waals surface area contributed by atoms with Gasteiger partial charge >= 0.3 is 18.0 Å². The van der Waals surface area contributed by atoms with E-state index in [9.17, 15) is 14.4 Å². The van der Waals surface area contributed by atoms with Crippen molar-refractivity contribution in [3.8, 4) is 0 Å². The molecule has 3 rings (SSSR count). The second kappa shape index (κ2) is 8.22. The molecule has 142 valence electrons. The molecular formula is C19H20N2O5S. The number of carbonyl (C=O) groups is 3. The summed E-state index contributed by atoms with van der Waals surface area (Å²) < 4.78 is 9.55. The number of fused-ring (bicyclic) bond motifs is 1. The monoisotopic (exact) mass is 388 g/mol. The number of carbonyl (C=O) groups excluding carboxylic acids is 3. The summed E-state index contributed by atoms with van der Waals surface area (Å²) in [5.41, 5.74) is 2.44. The Balaban J connectivity index is 1.85. The molecule has 8 heteroatoms. The van der Waals surface area contributed by atoms with Crippen LogP contribution in [0.3, 0.4) is 0 Å². The van der Waals surface area contributed by atoms with Gasteiger partial charge in [-0.15, -0.1) is 11.3 Å². The van der Waals surface area contributed by atoms with Crippen molar-refractivity contribution in [1.29, 1.82) is 0 Å². The van der Waals surface area contributed by atoms with Crippen LogP contribution in [0.4, 0.5) is 10.5 Å². The maximum Gasteiger partial charge on any atom is 0.350 e. The number of methoxy groups -OCH3 is 2. The fourth-order valence-electron chi connectivity index (χ4n) is 3.20. The van der Waals surface area contributed by atoms with E-state index in [2.05, 4.69) is 5.32 Å². The highest BCUT2D eigenvalue weighted by Gasteiger charge is 2.33. The third kappa shape index (κ3) is 3.95. The molecule has 0 fully saturated rings. The molecule has 1 atom stereocenters. The predicted molar refractivity (Wildman–Crippen MR) is 101 cm³/mol. The Morgan fingerprint density at radius 3 is 2.70 bits per heavy atom. The van der Waals surface area contributed by atoms with Crippen molar-refractivity contribution in [2.75, 3.05) is 26.1 Å². The number of ether oxygens (including phenoxy) is 2. The summed E-state index contributed by atoms with van der Waals surface area (Å²) in [5, 5.41) is 4.48. The van der Waals surface area contributed by atoms with Gasteiger partial charge in [-0.2, -0.15) is 0 Å². The summed E-state index contributed by atoms with van der Waals surface area (Å²) in [4.78, 5) is 38.6. The van der Waals surface area contributed by atoms with E-state index < -0.39 is 12.0 Å². The van der Waals surface area contributed by atoms with E-state index in [0.717, 1.165) is 11.1 Å². The number of urea groups is 1. The van der Waals surface area contributed by atoms with E-state index in [1.807, 2.05) is 24.3 Å². The summed E-state index contributed by atoms with van der Waals surface area (Å²) >= 11 is 1.19. The van der Waals surface area contributed by atoms with Crippen LogP contribution in [-0.2, 0) is 20.7 Å². The number of hydrogen-bond donors (Lipinski definition) is 1. The molecule has 7 nitrogen and oxygen atoms in total. The summed E-state index contributed by atoms with van der Waals surface area (Å²) in [7, 11) is 2.62. The Kier molecular flexibility index (Phi) is 5.75. The molecule has 0 spiro atoms. The average Bonchev–Trinajstić information content (AvgIpc) is 3.15. The fraction of sp³-hybridized carbons (Fsp3) is 0.316. The summed E-state index contributed by atoms with van der Waals surface area (Å²) in [6, 6.07) is 8.61. The third-order valence-corrected chi connectivity index (χ3v) is 5.43. The first kappa shape index (κ1) is 18.9. The Morgan fingerprint density at radius 1 is 1.19 bits per heavy atom. The highest BCUT2D eigenvalue weighted by Crippen LogP contribution is 2.33. The molecule has 0 aliphatic carbocycles. The molecule has 1 aromatic heterocycles. The fourth-order valence-corrected chi connectivity index (χ4v) is 3.97. The Labute approximate surface area is 160 Å². The highest BCUT2D eigenvalue weighted by atomic mass is 32.1. The van der Waals surface area contributed by atoms with Gasteiger partial charge in [-0.1, -0.05) is 24.3 Å². The quantitative estimate of drug-likeness (QED) is 0.813. The second-order valence-corrected chi connectivity index (χ2v) is 6.94. The van der Waals surface area contributed by atoms with Crippen LogP contribution in [0.15, 0.2) is 35.7 Å². The van der Waals surface area contributed by atoms with Gasteiger partial charge in [0.25, 0.3) is 0 Å². The molecule has 0 saturated carbocycles. The lowest BCUT2D eigenvalue weighted by atomic mass is 9.91. The van der Waals surface area contributed by atoms with Gasteiger partial charge in [0.05, 0.1) is 32.4 Å². The van der Waals surface area contributed by atoms with E-state index in [4.69, 9.17) is 9.47 Å². The number of nitrogens with one attached hydrogen (secondary N) is 1. The van der Waals surface area contributed by atoms with Crippen LogP contribution in [0.5, 0.6) is 0 Å². The number of benzene rings is 1. The van der Waals surface area contributed by atoms with Crippen LogP contribution in [-0.4, -0.2) is 43.6 Å². The van der Waals surface area contributed by atoms with Gasteiger partial charge in [0.15, 0.2) is 0 Å². The lowest BCUT2D eigenvalue weighted by molar-refractivity contribution is -0.141. The number of nitrogens with zero attached hydrogens (tertiary/aromatic N) is 1. The predicted octanol–water partition coefficient (Wildman–Crippen LogP) is 3.23. The van der Waals surface area contributed by atoms with Gasteiger partial charge in [-0.3, -0.25) is 4.79 Å². The molecule has 2 amide bonds. The standard InChI is InChI=1S/C19H20N2O5S/c1-25-16(22)11-15-13-6-4-3-5-12(13)7-9-21(15)19(24)20-14-8-10-27-17(14)18(23)26-2/h3-6,8,10,15H,7,9,11H2,1-2H3,(H,20,24). The Morgan fingerprint density at radius 2 is 1.96 bits per heavy atom. The van der Waals surface area contributed by atoms with Crippen LogP contribution in [0.2, 0.25) is 0 Å². The number of rotatable bonds is 4. The minimum Gasteiger partial charge on any atom is -0.469 e. The molecule has 0 saturated heterocycles. The van der Waals surface area contributed by atoms with Crippen LogP contribution in [0.1, 0.15) is 33.3 Å². The molecular weight excluding hydrogens is 368 g/mol. The van der Waals surface area contributed by atoms with E-state index in [1.165, 1.54) is 25.6 Å². The zero-order valence-corrected chi connectivity index (χ0v) is 15.9. The van der Waals surface area contributed by atoms with Crippen molar-refractivity contribution in [2.24, 2.45) is 0 Å². The molecule has 0 bridgehead atoms. The lowest BCUT2D eigenvalue weighted by Crippen LogP contribution is -2.43. The van der Waals surface area contributed by atoms with Crippen molar-refractivity contribution >= 4 is 35.0 Å². The molecule has 2 heterocycles. The number of amides is 2. The second-order valence-electron chi connectivity index (χ2n) is 6.02. The van der Waals surface area contributed by atoms with Crippen molar-refractivity contribution in [3.05, 3.63) is 51.7 Å². The lowest BCUT2D eigenvalue weighted by Gasteiger charge is -2.36. The van der Waals surface area contributed by atoms with Gasteiger partial charge in [-0.25, -0.2) is 9.59 Å². The molecule has 1 N–H and O–H groups in total. The maximum absolute atomic E-state index is 12.9. The zero-order chi connectivity index (χ0) is 19.4. The molecule has 1 aliphatic heterocycles. The third-order valence-electron chi connectivity index (χ3n) is 4.54. The molecule has 1 aliphatic rings. The van der Waals surface area contributed by atoms with Crippen molar-refractivity contribution in [1.82, 2.24) is 4.90 Å². The number of thiophene rings is 1. The van der Waals surface area contributed by atoms with Crippen LogP contribution in [0, 0.1) is 0 Å². The zero-order valence-electron chi connectivity index (χ0n) is 15.1. The smallest absolute Gasteiger partial charge is 0.350 e. The highest BCUT2D eigenvalue weighted by molar-refractivity contribution is 7.12. The number of hydrogen-bond acceptors (Lipinski definition) is 6. The minimum atomic E-state index is -0.504. The van der Waals surface area contributed by atoms with Gasteiger partial charge in [0.1, 0.15) is 4.88 Å². The van der Waals surface area contributed by atoms with E-state index in [1.54, 1.807) is 16.3 Å². The van der Waals surface area contributed by atoms with Crippen molar-refractivity contribution < 1.29 is 23.9 Å². The van der Waals surface area contributed by atoms with Crippen LogP contribution >= 0.6 is 11.3 Å². The van der Waals surface area contributed by atoms with Crippen LogP contribution < -0.4 is 5.32 Å². The maximum atomic E-state index is 12.9. The molecule has 0 radical (unpaired) electrons. The summed E-state index contributed by atoms with van der Waals surface area (Å²) in [5.74, 6) is -0.893. The molecule has 1 aromatic carbocycles. The first-order valence-electron chi connectivity index (χ1n) is 8.43. The van der Waals surface area contributed by atoms with Gasteiger partial charge < -0.3 is 19.7 Å². The van der Waals surface area contributed by atoms with Crippen LogP contribution in [0.25, 0.3) is 0 Å². The summed E-state index contributed by atoms with van der Waals surface area (Å²) in [6.07, 6.45) is 0.753. The minimum absolute atomic E-state index is 0.0639. The SMILES string of the molecule is COC(=O)CC1c2ccccc2CCN1C(=O)Nc1ccsc1C(=O)OC. The summed E-state index contributed by atoms with van der Waals surface area (Å²) in [6.45, 7) is 0.461. The molecule has 2 aromatic rings. The first-order chi connectivity index (χ1) is 13.0. The van der Waals surface area contributed by atoms with E-state index >= 15 is 0 Å². The van der Waals surface area contributed by atoms with E-state index in [0.29, 0.717) is 23.5 Å². The topological polar surface area (TPSA) is 84.9 Å². The Bertz CT molecular complexity index is 863. The van der Waals surface area contributed by atoms with Crippen molar-refractivity contribution in [2.45, 2.75) is 18.9 Å². The Hall–Kier alpha value is -2.87. The number of anilines is 1. The molecule has 1 unspecified atom stereocenters. The van der Waals surface area contributed by atoms with Gasteiger partial charge in [-0.05, 0) is 29.0 Å². The van der Waals surface area contributed by atoms with Crippen molar-refractivity contribution in [3.63, 3.8) is 0 Å². The normalized spacial score (nSPS) is 15.6. The largest absolute Gasteiger partial charge is 0.469 e. The van der Waals surface area contributed by atoms with Gasteiger partial charge in [0, 0.05) is 6.54 Å². The first-order valence-corrected chi connectivity index (χ1v) is 9.31. The average molecular weight is 388 g/mol. The molecule has 27 heavy (non-hydrogen) atoms.